The van der Waals surface area contributed by atoms with Crippen molar-refractivity contribution in [1.82, 2.24) is 0 Å². The average Bonchev–Trinajstić information content (AvgIpc) is 2.90. The average molecular weight is 317 g/mol. The molecule has 22 heavy (non-hydrogen) atoms. The topological polar surface area (TPSA) is 99.6 Å². The molecule has 0 radical (unpaired) electrons. The van der Waals surface area contributed by atoms with E-state index >= 15 is 0 Å². The highest BCUT2D eigenvalue weighted by molar-refractivity contribution is 7.19. The van der Waals surface area contributed by atoms with Crippen molar-refractivity contribution < 1.29 is 14.3 Å². The number of amides is 1. The molecule has 5 N–H and O–H groups in total. The summed E-state index contributed by atoms with van der Waals surface area (Å²) in [6, 6.07) is 7.36. The minimum atomic E-state index is -0.524. The van der Waals surface area contributed by atoms with Crippen LogP contribution in [0.4, 0.5) is 5.00 Å². The van der Waals surface area contributed by atoms with E-state index in [1.807, 2.05) is 18.2 Å². The lowest BCUT2D eigenvalue weighted by Gasteiger charge is -2.18. The summed E-state index contributed by atoms with van der Waals surface area (Å²) in [5.74, 6) is 1.13. The van der Waals surface area contributed by atoms with Crippen LogP contribution in [0.2, 0.25) is 0 Å². The molecule has 1 aromatic heterocycles. The number of ether oxygens (including phenoxy) is 2. The SMILES string of the molecule is C=C(N)Nc1sc(-c2ccc3c(c2)OCCO3)cc1C(N)=O. The standard InChI is InChI=1S/C15H15N3O3S/c1-8(16)18-15-10(14(17)19)7-13(22-15)9-2-3-11-12(6-9)21-5-4-20-11/h2-3,6-7,18H,1,4-5,16H2,(H2,17,19). The number of anilines is 1. The summed E-state index contributed by atoms with van der Waals surface area (Å²) in [7, 11) is 0. The Morgan fingerprint density at radius 2 is 1.91 bits per heavy atom. The number of primary amides is 1. The van der Waals surface area contributed by atoms with Crippen LogP contribution in [0.25, 0.3) is 10.4 Å². The lowest BCUT2D eigenvalue weighted by Crippen LogP contribution is -2.15. The Morgan fingerprint density at radius 3 is 2.59 bits per heavy atom. The van der Waals surface area contributed by atoms with Gasteiger partial charge >= 0.3 is 0 Å². The first kappa shape index (κ1) is 14.3. The van der Waals surface area contributed by atoms with E-state index in [1.165, 1.54) is 11.3 Å². The zero-order valence-corrected chi connectivity index (χ0v) is 12.5. The molecule has 1 aliphatic heterocycles. The van der Waals surface area contributed by atoms with Crippen molar-refractivity contribution in [3.8, 4) is 21.9 Å². The van der Waals surface area contributed by atoms with Gasteiger partial charge in [-0.2, -0.15) is 0 Å². The van der Waals surface area contributed by atoms with E-state index < -0.39 is 5.91 Å². The van der Waals surface area contributed by atoms with Crippen LogP contribution in [0.5, 0.6) is 11.5 Å². The first-order chi connectivity index (χ1) is 10.5. The highest BCUT2D eigenvalue weighted by Crippen LogP contribution is 2.40. The number of thiophene rings is 1. The molecule has 0 saturated carbocycles. The van der Waals surface area contributed by atoms with E-state index in [4.69, 9.17) is 20.9 Å². The van der Waals surface area contributed by atoms with Crippen LogP contribution < -0.4 is 26.3 Å². The van der Waals surface area contributed by atoms with Crippen LogP contribution in [-0.2, 0) is 0 Å². The van der Waals surface area contributed by atoms with Gasteiger partial charge in [0.25, 0.3) is 5.91 Å². The fraction of sp³-hybridized carbons (Fsp3) is 0.133. The Labute approximate surface area is 131 Å². The van der Waals surface area contributed by atoms with Crippen molar-refractivity contribution in [2.75, 3.05) is 18.5 Å². The third kappa shape index (κ3) is 2.71. The molecule has 7 heteroatoms. The van der Waals surface area contributed by atoms with Crippen molar-refractivity contribution in [2.45, 2.75) is 0 Å². The highest BCUT2D eigenvalue weighted by atomic mass is 32.1. The quantitative estimate of drug-likeness (QED) is 0.802. The Balaban J connectivity index is 2.01. The first-order valence-corrected chi connectivity index (χ1v) is 7.41. The number of benzene rings is 1. The second-order valence-electron chi connectivity index (χ2n) is 4.73. The van der Waals surface area contributed by atoms with Crippen LogP contribution >= 0.6 is 11.3 Å². The molecule has 3 rings (SSSR count). The lowest BCUT2D eigenvalue weighted by atomic mass is 10.1. The summed E-state index contributed by atoms with van der Waals surface area (Å²) in [5.41, 5.74) is 12.2. The summed E-state index contributed by atoms with van der Waals surface area (Å²) in [5, 5.41) is 3.43. The third-order valence-corrected chi connectivity index (χ3v) is 4.20. The normalized spacial score (nSPS) is 12.7. The molecule has 114 valence electrons. The summed E-state index contributed by atoms with van der Waals surface area (Å²) < 4.78 is 11.1. The summed E-state index contributed by atoms with van der Waals surface area (Å²) in [6.07, 6.45) is 0. The fourth-order valence-corrected chi connectivity index (χ4v) is 3.24. The molecule has 6 nitrogen and oxygen atoms in total. The van der Waals surface area contributed by atoms with Gasteiger partial charge in [-0.3, -0.25) is 4.79 Å². The van der Waals surface area contributed by atoms with E-state index in [0.717, 1.165) is 16.2 Å². The fourth-order valence-electron chi connectivity index (χ4n) is 2.15. The summed E-state index contributed by atoms with van der Waals surface area (Å²) in [4.78, 5) is 12.4. The zero-order valence-electron chi connectivity index (χ0n) is 11.7. The number of fused-ring (bicyclic) bond motifs is 1. The number of hydrogen-bond donors (Lipinski definition) is 3. The number of nitrogens with one attached hydrogen (secondary N) is 1. The number of nitrogens with two attached hydrogens (primary N) is 2. The van der Waals surface area contributed by atoms with Crippen molar-refractivity contribution in [1.29, 1.82) is 0 Å². The summed E-state index contributed by atoms with van der Waals surface area (Å²) in [6.45, 7) is 4.64. The van der Waals surface area contributed by atoms with Gasteiger partial charge < -0.3 is 26.3 Å². The number of hydrogen-bond acceptors (Lipinski definition) is 6. The Hall–Kier alpha value is -2.67. The van der Waals surface area contributed by atoms with Gasteiger partial charge in [-0.25, -0.2) is 0 Å². The highest BCUT2D eigenvalue weighted by Gasteiger charge is 2.17. The number of carbonyl (C=O) groups is 1. The molecule has 0 unspecified atom stereocenters. The number of carbonyl (C=O) groups excluding carboxylic acids is 1. The largest absolute Gasteiger partial charge is 0.486 e. The van der Waals surface area contributed by atoms with Crippen LogP contribution in [0.15, 0.2) is 36.7 Å². The van der Waals surface area contributed by atoms with Crippen molar-refractivity contribution in [3.05, 3.63) is 42.2 Å². The predicted molar refractivity (Wildman–Crippen MR) is 86.2 cm³/mol. The molecule has 1 aliphatic rings. The van der Waals surface area contributed by atoms with Crippen LogP contribution in [0, 0.1) is 0 Å². The molecule has 0 spiro atoms. The van der Waals surface area contributed by atoms with Crippen molar-refractivity contribution >= 4 is 22.2 Å². The lowest BCUT2D eigenvalue weighted by molar-refractivity contribution is 0.100. The second kappa shape index (κ2) is 5.61. The molecule has 0 fully saturated rings. The Bertz CT molecular complexity index is 754. The van der Waals surface area contributed by atoms with E-state index in [2.05, 4.69) is 11.9 Å². The second-order valence-corrected chi connectivity index (χ2v) is 5.78. The van der Waals surface area contributed by atoms with Gasteiger partial charge in [0.2, 0.25) is 0 Å². The van der Waals surface area contributed by atoms with Gasteiger partial charge in [0.05, 0.1) is 11.4 Å². The van der Waals surface area contributed by atoms with E-state index in [1.54, 1.807) is 6.07 Å². The molecular formula is C15H15N3O3S. The molecule has 2 aromatic rings. The van der Waals surface area contributed by atoms with Gasteiger partial charge in [0, 0.05) is 4.88 Å². The predicted octanol–water partition coefficient (Wildman–Crippen LogP) is 2.13. The molecular weight excluding hydrogens is 302 g/mol. The zero-order chi connectivity index (χ0) is 15.7. The summed E-state index contributed by atoms with van der Waals surface area (Å²) >= 11 is 1.37. The smallest absolute Gasteiger partial charge is 0.251 e. The minimum Gasteiger partial charge on any atom is -0.486 e. The van der Waals surface area contributed by atoms with E-state index in [9.17, 15) is 4.79 Å². The molecule has 0 bridgehead atoms. The van der Waals surface area contributed by atoms with Crippen LogP contribution in [0.3, 0.4) is 0 Å². The Morgan fingerprint density at radius 1 is 1.18 bits per heavy atom. The van der Waals surface area contributed by atoms with Crippen LogP contribution in [-0.4, -0.2) is 19.1 Å². The first-order valence-electron chi connectivity index (χ1n) is 6.59. The van der Waals surface area contributed by atoms with Crippen LogP contribution in [0.1, 0.15) is 10.4 Å². The molecule has 0 atom stereocenters. The van der Waals surface area contributed by atoms with Gasteiger partial charge in [0.1, 0.15) is 18.2 Å². The minimum absolute atomic E-state index is 0.248. The maximum absolute atomic E-state index is 11.6. The van der Waals surface area contributed by atoms with Crippen molar-refractivity contribution in [3.63, 3.8) is 0 Å². The molecule has 2 heterocycles. The molecule has 1 amide bonds. The monoisotopic (exact) mass is 317 g/mol. The van der Waals surface area contributed by atoms with E-state index in [-0.39, 0.29) is 5.82 Å². The maximum atomic E-state index is 11.6. The van der Waals surface area contributed by atoms with Gasteiger partial charge in [-0.1, -0.05) is 6.58 Å². The van der Waals surface area contributed by atoms with Gasteiger partial charge in [0.15, 0.2) is 11.5 Å². The molecule has 0 aliphatic carbocycles. The molecule has 0 saturated heterocycles. The molecule has 1 aromatic carbocycles. The Kier molecular flexibility index (Phi) is 3.64. The van der Waals surface area contributed by atoms with Crippen molar-refractivity contribution in [2.24, 2.45) is 11.5 Å². The van der Waals surface area contributed by atoms with E-state index in [0.29, 0.717) is 29.5 Å². The van der Waals surface area contributed by atoms with Gasteiger partial charge in [-0.15, -0.1) is 11.3 Å². The van der Waals surface area contributed by atoms with Gasteiger partial charge in [-0.05, 0) is 29.8 Å². The maximum Gasteiger partial charge on any atom is 0.251 e. The number of rotatable bonds is 4. The third-order valence-electron chi connectivity index (χ3n) is 3.10.